The third-order valence-electron chi connectivity index (χ3n) is 5.14. The molecule has 2 aromatic heterocycles. The zero-order chi connectivity index (χ0) is 19.1. The third-order valence-corrected chi connectivity index (χ3v) is 6.22. The fraction of sp³-hybridized carbons (Fsp3) is 0.450. The second-order valence-corrected chi connectivity index (χ2v) is 8.22. The molecule has 1 saturated heterocycles. The predicted molar refractivity (Wildman–Crippen MR) is 107 cm³/mol. The Balaban J connectivity index is 1.41. The third kappa shape index (κ3) is 3.43. The van der Waals surface area contributed by atoms with Crippen LogP contribution in [0.4, 0.5) is 0 Å². The Bertz CT molecular complexity index is 960. The molecular weight excluding hydrogens is 360 g/mol. The van der Waals surface area contributed by atoms with Crippen molar-refractivity contribution < 1.29 is 9.53 Å². The number of hydrogen-bond donors (Lipinski definition) is 0. The lowest BCUT2D eigenvalue weighted by Crippen LogP contribution is -2.42. The van der Waals surface area contributed by atoms with Crippen LogP contribution in [0.1, 0.15) is 40.2 Å². The largest absolute Gasteiger partial charge is 0.467 e. The summed E-state index contributed by atoms with van der Waals surface area (Å²) in [6.07, 6.45) is 1.73. The van der Waals surface area contributed by atoms with Gasteiger partial charge in [-0.05, 0) is 38.0 Å². The van der Waals surface area contributed by atoms with Gasteiger partial charge >= 0.3 is 0 Å². The van der Waals surface area contributed by atoms with Crippen LogP contribution in [0.25, 0.3) is 10.2 Å². The molecule has 6 nitrogen and oxygen atoms in total. The molecule has 0 N–H and O–H groups in total. The van der Waals surface area contributed by atoms with Crippen LogP contribution in [0.15, 0.2) is 18.2 Å². The topological polar surface area (TPSA) is 60.3 Å². The van der Waals surface area contributed by atoms with Gasteiger partial charge in [-0.3, -0.25) is 9.48 Å². The van der Waals surface area contributed by atoms with Gasteiger partial charge in [-0.25, -0.2) is 4.98 Å². The first kappa shape index (κ1) is 18.0. The van der Waals surface area contributed by atoms with Crippen molar-refractivity contribution in [3.8, 4) is 5.19 Å². The first-order chi connectivity index (χ1) is 12.9. The van der Waals surface area contributed by atoms with Crippen molar-refractivity contribution in [3.05, 3.63) is 40.7 Å². The van der Waals surface area contributed by atoms with E-state index in [4.69, 9.17) is 4.74 Å². The van der Waals surface area contributed by atoms with E-state index < -0.39 is 0 Å². The molecule has 4 rings (SSSR count). The van der Waals surface area contributed by atoms with Crippen LogP contribution in [0.5, 0.6) is 5.19 Å². The highest BCUT2D eigenvalue weighted by Gasteiger charge is 2.27. The quantitative estimate of drug-likeness (QED) is 0.692. The van der Waals surface area contributed by atoms with Crippen molar-refractivity contribution in [1.82, 2.24) is 19.7 Å². The number of aryl methyl sites for hydroxylation is 4. The number of aromatic nitrogens is 3. The Morgan fingerprint density at radius 3 is 2.52 bits per heavy atom. The van der Waals surface area contributed by atoms with Crippen LogP contribution in [0, 0.1) is 20.8 Å². The van der Waals surface area contributed by atoms with Crippen LogP contribution < -0.4 is 4.74 Å². The van der Waals surface area contributed by atoms with Crippen LogP contribution in [-0.4, -0.2) is 44.8 Å². The monoisotopic (exact) mass is 384 g/mol. The lowest BCUT2D eigenvalue weighted by Gasteiger charge is -2.31. The van der Waals surface area contributed by atoms with Gasteiger partial charge in [-0.2, -0.15) is 5.10 Å². The zero-order valence-corrected chi connectivity index (χ0v) is 17.0. The van der Waals surface area contributed by atoms with E-state index in [0.29, 0.717) is 18.8 Å². The van der Waals surface area contributed by atoms with Crippen molar-refractivity contribution in [1.29, 1.82) is 0 Å². The standard InChI is InChI=1S/C20H24N4O2S/c1-12-5-6-13(2)18-17(12)21-20(27-18)26-15-7-9-24(10-8-15)19(25)16-11-14(3)22-23(16)4/h5-6,11,15H,7-10H2,1-4H3. The van der Waals surface area contributed by atoms with Crippen molar-refractivity contribution in [3.63, 3.8) is 0 Å². The Kier molecular flexibility index (Phi) is 4.63. The van der Waals surface area contributed by atoms with Crippen LogP contribution in [0.2, 0.25) is 0 Å². The van der Waals surface area contributed by atoms with Crippen molar-refractivity contribution in [2.24, 2.45) is 7.05 Å². The second kappa shape index (κ2) is 6.96. The average Bonchev–Trinajstić information content (AvgIpc) is 3.22. The molecule has 0 spiro atoms. The summed E-state index contributed by atoms with van der Waals surface area (Å²) in [5.41, 5.74) is 4.95. The summed E-state index contributed by atoms with van der Waals surface area (Å²) in [5.74, 6) is 0.0442. The fourth-order valence-corrected chi connectivity index (χ4v) is 4.61. The van der Waals surface area contributed by atoms with Gasteiger partial charge in [0, 0.05) is 33.0 Å². The molecule has 1 aliphatic heterocycles. The minimum Gasteiger partial charge on any atom is -0.467 e. The zero-order valence-electron chi connectivity index (χ0n) is 16.2. The van der Waals surface area contributed by atoms with Gasteiger partial charge in [-0.15, -0.1) is 0 Å². The smallest absolute Gasteiger partial charge is 0.274 e. The predicted octanol–water partition coefficient (Wildman–Crippen LogP) is 3.64. The molecule has 3 heterocycles. The van der Waals surface area contributed by atoms with Gasteiger partial charge in [0.1, 0.15) is 11.8 Å². The first-order valence-electron chi connectivity index (χ1n) is 9.25. The lowest BCUT2D eigenvalue weighted by molar-refractivity contribution is 0.0585. The van der Waals surface area contributed by atoms with Crippen molar-refractivity contribution in [2.45, 2.75) is 39.7 Å². The van der Waals surface area contributed by atoms with E-state index >= 15 is 0 Å². The number of ether oxygens (including phenoxy) is 1. The number of likely N-dealkylation sites (tertiary alicyclic amines) is 1. The molecule has 1 aliphatic rings. The van der Waals surface area contributed by atoms with Crippen molar-refractivity contribution >= 4 is 27.5 Å². The lowest BCUT2D eigenvalue weighted by atomic mass is 10.1. The molecule has 0 aliphatic carbocycles. The van der Waals surface area contributed by atoms with E-state index in [9.17, 15) is 4.79 Å². The van der Waals surface area contributed by atoms with Gasteiger partial charge in [0.25, 0.3) is 11.1 Å². The molecule has 1 aromatic carbocycles. The van der Waals surface area contributed by atoms with E-state index in [0.717, 1.165) is 29.2 Å². The maximum Gasteiger partial charge on any atom is 0.274 e. The molecular formula is C20H24N4O2S. The van der Waals surface area contributed by atoms with E-state index in [-0.39, 0.29) is 12.0 Å². The van der Waals surface area contributed by atoms with Gasteiger partial charge < -0.3 is 9.64 Å². The normalized spacial score (nSPS) is 15.5. The Morgan fingerprint density at radius 1 is 1.19 bits per heavy atom. The molecule has 27 heavy (non-hydrogen) atoms. The number of amides is 1. The highest BCUT2D eigenvalue weighted by Crippen LogP contribution is 2.33. The SMILES string of the molecule is Cc1cc(C(=O)N2CCC(Oc3nc4c(C)ccc(C)c4s3)CC2)n(C)n1. The number of rotatable bonds is 3. The highest BCUT2D eigenvalue weighted by atomic mass is 32.1. The van der Waals surface area contributed by atoms with Gasteiger partial charge in [0.2, 0.25) is 0 Å². The molecule has 0 bridgehead atoms. The fourth-order valence-electron chi connectivity index (χ4n) is 3.58. The highest BCUT2D eigenvalue weighted by molar-refractivity contribution is 7.20. The average molecular weight is 385 g/mol. The Labute approximate surface area is 162 Å². The molecule has 0 atom stereocenters. The molecule has 3 aromatic rings. The van der Waals surface area contributed by atoms with Crippen LogP contribution in [-0.2, 0) is 7.05 Å². The Hall–Kier alpha value is -2.41. The molecule has 1 fully saturated rings. The molecule has 0 saturated carbocycles. The first-order valence-corrected chi connectivity index (χ1v) is 10.1. The summed E-state index contributed by atoms with van der Waals surface area (Å²) in [6, 6.07) is 6.08. The van der Waals surface area contributed by atoms with Gasteiger partial charge in [0.15, 0.2) is 0 Å². The Morgan fingerprint density at radius 2 is 1.89 bits per heavy atom. The number of piperidine rings is 1. The molecule has 0 unspecified atom stereocenters. The number of thiazole rings is 1. The minimum absolute atomic E-state index is 0.0442. The van der Waals surface area contributed by atoms with Crippen LogP contribution in [0.3, 0.4) is 0 Å². The summed E-state index contributed by atoms with van der Waals surface area (Å²) in [4.78, 5) is 19.3. The summed E-state index contributed by atoms with van der Waals surface area (Å²) >= 11 is 1.61. The summed E-state index contributed by atoms with van der Waals surface area (Å²) in [7, 11) is 1.81. The number of carbonyl (C=O) groups is 1. The number of benzene rings is 1. The summed E-state index contributed by atoms with van der Waals surface area (Å²) in [6.45, 7) is 7.47. The molecule has 1 amide bonds. The molecule has 0 radical (unpaired) electrons. The van der Waals surface area contributed by atoms with E-state index in [1.165, 1.54) is 15.8 Å². The maximum atomic E-state index is 12.7. The maximum absolute atomic E-state index is 12.7. The summed E-state index contributed by atoms with van der Waals surface area (Å²) < 4.78 is 9.02. The number of nitrogens with zero attached hydrogens (tertiary/aromatic N) is 4. The number of hydrogen-bond acceptors (Lipinski definition) is 5. The number of carbonyl (C=O) groups excluding carboxylic acids is 1. The van der Waals surface area contributed by atoms with E-state index in [1.807, 2.05) is 24.9 Å². The summed E-state index contributed by atoms with van der Waals surface area (Å²) in [5, 5.41) is 5.00. The molecule has 142 valence electrons. The number of fused-ring (bicyclic) bond motifs is 1. The van der Waals surface area contributed by atoms with Gasteiger partial charge in [-0.1, -0.05) is 23.5 Å². The van der Waals surface area contributed by atoms with Crippen molar-refractivity contribution in [2.75, 3.05) is 13.1 Å². The van der Waals surface area contributed by atoms with Gasteiger partial charge in [0.05, 0.1) is 15.9 Å². The van der Waals surface area contributed by atoms with Crippen LogP contribution >= 0.6 is 11.3 Å². The molecule has 7 heteroatoms. The van der Waals surface area contributed by atoms with E-state index in [1.54, 1.807) is 16.0 Å². The minimum atomic E-state index is 0.0442. The van der Waals surface area contributed by atoms with E-state index in [2.05, 4.69) is 36.1 Å². The second-order valence-electron chi connectivity index (χ2n) is 7.26.